The predicted molar refractivity (Wildman–Crippen MR) is 93.9 cm³/mol. The van der Waals surface area contributed by atoms with Crippen LogP contribution >= 0.6 is 11.3 Å². The molecule has 2 aromatic heterocycles. The molecule has 0 unspecified atom stereocenters. The molecule has 0 saturated heterocycles. The highest BCUT2D eigenvalue weighted by Gasteiger charge is 2.34. The third-order valence-electron chi connectivity index (χ3n) is 3.55. The Balaban J connectivity index is 1.90. The lowest BCUT2D eigenvalue weighted by molar-refractivity contribution is -0.137. The molecule has 1 amide bonds. The second kappa shape index (κ2) is 6.75. The van der Waals surface area contributed by atoms with Crippen LogP contribution in [0.1, 0.15) is 21.6 Å². The Bertz CT molecular complexity index is 969. The van der Waals surface area contributed by atoms with E-state index in [1.165, 1.54) is 29.7 Å². The molecule has 1 aromatic carbocycles. The fourth-order valence-electron chi connectivity index (χ4n) is 2.44. The summed E-state index contributed by atoms with van der Waals surface area (Å²) >= 11 is 1.27. The molecule has 2 heterocycles. The Morgan fingerprint density at radius 2 is 1.96 bits per heavy atom. The molecule has 3 aromatic rings. The summed E-state index contributed by atoms with van der Waals surface area (Å²) in [6.07, 6.45) is -3.17. The quantitative estimate of drug-likeness (QED) is 0.709. The van der Waals surface area contributed by atoms with Gasteiger partial charge < -0.3 is 11.1 Å². The number of aryl methyl sites for hydroxylation is 1. The van der Waals surface area contributed by atoms with Crippen LogP contribution in [0.15, 0.2) is 42.6 Å². The van der Waals surface area contributed by atoms with E-state index in [0.717, 1.165) is 22.7 Å². The maximum atomic E-state index is 13.1. The molecule has 26 heavy (non-hydrogen) atoms. The van der Waals surface area contributed by atoms with Crippen LogP contribution in [0.25, 0.3) is 10.4 Å². The standard InChI is InChI=1S/C17H13F3N4OS/c1-9-14(26-16(21)23-9)10-6-7-22-13(8-10)24-15(25)11-4-2-3-5-12(11)17(18,19)20/h2-8H,1H3,(H2,21,23)(H,22,24,25). The maximum absolute atomic E-state index is 13.1. The summed E-state index contributed by atoms with van der Waals surface area (Å²) in [7, 11) is 0. The van der Waals surface area contributed by atoms with Gasteiger partial charge in [0.25, 0.3) is 5.91 Å². The molecule has 0 aliphatic rings. The van der Waals surface area contributed by atoms with Crippen molar-refractivity contribution < 1.29 is 18.0 Å². The molecule has 0 aliphatic carbocycles. The van der Waals surface area contributed by atoms with E-state index >= 15 is 0 Å². The van der Waals surface area contributed by atoms with Crippen LogP contribution in [0.2, 0.25) is 0 Å². The number of hydrogen-bond donors (Lipinski definition) is 2. The van der Waals surface area contributed by atoms with Gasteiger partial charge in [0.2, 0.25) is 0 Å². The molecule has 3 rings (SSSR count). The van der Waals surface area contributed by atoms with Gasteiger partial charge >= 0.3 is 6.18 Å². The fourth-order valence-corrected chi connectivity index (χ4v) is 3.27. The zero-order chi connectivity index (χ0) is 18.9. The fraction of sp³-hybridized carbons (Fsp3) is 0.118. The van der Waals surface area contributed by atoms with Crippen molar-refractivity contribution >= 4 is 28.2 Å². The molecule has 0 bridgehead atoms. The molecule has 134 valence electrons. The number of carbonyl (C=O) groups excluding carboxylic acids is 1. The minimum Gasteiger partial charge on any atom is -0.375 e. The molecule has 5 nitrogen and oxygen atoms in total. The average molecular weight is 378 g/mol. The van der Waals surface area contributed by atoms with Crippen LogP contribution < -0.4 is 11.1 Å². The highest BCUT2D eigenvalue weighted by Crippen LogP contribution is 2.33. The molecule has 0 spiro atoms. The number of alkyl halides is 3. The Morgan fingerprint density at radius 1 is 1.23 bits per heavy atom. The van der Waals surface area contributed by atoms with E-state index in [9.17, 15) is 18.0 Å². The van der Waals surface area contributed by atoms with E-state index in [-0.39, 0.29) is 5.82 Å². The SMILES string of the molecule is Cc1nc(N)sc1-c1ccnc(NC(=O)c2ccccc2C(F)(F)F)c1. The molecular weight excluding hydrogens is 365 g/mol. The maximum Gasteiger partial charge on any atom is 0.417 e. The molecule has 9 heteroatoms. The topological polar surface area (TPSA) is 80.9 Å². The van der Waals surface area contributed by atoms with Gasteiger partial charge in [-0.15, -0.1) is 0 Å². The Kier molecular flexibility index (Phi) is 4.64. The number of nitrogens with one attached hydrogen (secondary N) is 1. The van der Waals surface area contributed by atoms with E-state index < -0.39 is 23.2 Å². The van der Waals surface area contributed by atoms with Crippen LogP contribution in [0.4, 0.5) is 24.1 Å². The lowest BCUT2D eigenvalue weighted by Crippen LogP contribution is -2.19. The highest BCUT2D eigenvalue weighted by molar-refractivity contribution is 7.18. The normalized spacial score (nSPS) is 11.4. The zero-order valence-corrected chi connectivity index (χ0v) is 14.3. The number of pyridine rings is 1. The molecule has 0 aliphatic heterocycles. The number of halogens is 3. The van der Waals surface area contributed by atoms with Crippen molar-refractivity contribution in [3.05, 3.63) is 59.4 Å². The number of carbonyl (C=O) groups is 1. The van der Waals surface area contributed by atoms with Crippen molar-refractivity contribution in [1.82, 2.24) is 9.97 Å². The Labute approximate surface area is 150 Å². The highest BCUT2D eigenvalue weighted by atomic mass is 32.1. The summed E-state index contributed by atoms with van der Waals surface area (Å²) < 4.78 is 39.2. The molecule has 0 atom stereocenters. The molecular formula is C17H13F3N4OS. The first-order chi connectivity index (χ1) is 12.3. The van der Waals surface area contributed by atoms with Gasteiger partial charge in [0.15, 0.2) is 5.13 Å². The minimum atomic E-state index is -4.62. The minimum absolute atomic E-state index is 0.135. The van der Waals surface area contributed by atoms with Gasteiger partial charge in [-0.1, -0.05) is 23.5 Å². The largest absolute Gasteiger partial charge is 0.417 e. The summed E-state index contributed by atoms with van der Waals surface area (Å²) in [6.45, 7) is 1.79. The van der Waals surface area contributed by atoms with Crippen LogP contribution in [-0.4, -0.2) is 15.9 Å². The second-order valence-electron chi connectivity index (χ2n) is 5.39. The van der Waals surface area contributed by atoms with Crippen molar-refractivity contribution in [2.45, 2.75) is 13.1 Å². The number of anilines is 2. The van der Waals surface area contributed by atoms with Gasteiger partial charge in [-0.05, 0) is 36.8 Å². The van der Waals surface area contributed by atoms with Crippen molar-refractivity contribution in [3.8, 4) is 10.4 Å². The lowest BCUT2D eigenvalue weighted by Gasteiger charge is -2.12. The lowest BCUT2D eigenvalue weighted by atomic mass is 10.1. The van der Waals surface area contributed by atoms with E-state index in [4.69, 9.17) is 5.73 Å². The third kappa shape index (κ3) is 3.67. The number of nitrogen functional groups attached to an aromatic ring is 1. The number of benzene rings is 1. The monoisotopic (exact) mass is 378 g/mol. The third-order valence-corrected chi connectivity index (χ3v) is 4.59. The smallest absolute Gasteiger partial charge is 0.375 e. The van der Waals surface area contributed by atoms with Crippen molar-refractivity contribution in [1.29, 1.82) is 0 Å². The van der Waals surface area contributed by atoms with Crippen molar-refractivity contribution in [3.63, 3.8) is 0 Å². The van der Waals surface area contributed by atoms with Crippen molar-refractivity contribution in [2.75, 3.05) is 11.1 Å². The number of hydrogen-bond acceptors (Lipinski definition) is 5. The zero-order valence-electron chi connectivity index (χ0n) is 13.5. The average Bonchev–Trinajstić information content (AvgIpc) is 2.93. The summed E-state index contributed by atoms with van der Waals surface area (Å²) in [5, 5.41) is 2.81. The molecule has 0 radical (unpaired) electrons. The second-order valence-corrected chi connectivity index (χ2v) is 6.42. The summed E-state index contributed by atoms with van der Waals surface area (Å²) in [6, 6.07) is 7.86. The number of aromatic nitrogens is 2. The van der Waals surface area contributed by atoms with Gasteiger partial charge in [0, 0.05) is 6.20 Å². The predicted octanol–water partition coefficient (Wildman–Crippen LogP) is 4.37. The van der Waals surface area contributed by atoms with E-state index in [2.05, 4.69) is 15.3 Å². The summed E-state index contributed by atoms with van der Waals surface area (Å²) in [4.78, 5) is 21.2. The number of amides is 1. The van der Waals surface area contributed by atoms with Gasteiger partial charge in [-0.25, -0.2) is 9.97 Å². The van der Waals surface area contributed by atoms with Crippen LogP contribution in [-0.2, 0) is 6.18 Å². The Morgan fingerprint density at radius 3 is 2.62 bits per heavy atom. The van der Waals surface area contributed by atoms with Crippen LogP contribution in [0.5, 0.6) is 0 Å². The number of thiazole rings is 1. The first kappa shape index (κ1) is 17.9. The van der Waals surface area contributed by atoms with Gasteiger partial charge in [0.1, 0.15) is 5.82 Å². The van der Waals surface area contributed by atoms with E-state index in [0.29, 0.717) is 10.7 Å². The van der Waals surface area contributed by atoms with Gasteiger partial charge in [-0.3, -0.25) is 4.79 Å². The number of rotatable bonds is 3. The first-order valence-electron chi connectivity index (χ1n) is 7.42. The van der Waals surface area contributed by atoms with Crippen LogP contribution in [0, 0.1) is 6.92 Å². The summed E-state index contributed by atoms with van der Waals surface area (Å²) in [5.74, 6) is -0.751. The molecule has 0 saturated carbocycles. The summed E-state index contributed by atoms with van der Waals surface area (Å²) in [5.41, 5.74) is 5.65. The van der Waals surface area contributed by atoms with Gasteiger partial charge in [-0.2, -0.15) is 13.2 Å². The number of nitrogens with zero attached hydrogens (tertiary/aromatic N) is 2. The van der Waals surface area contributed by atoms with Crippen molar-refractivity contribution in [2.24, 2.45) is 0 Å². The Hall–Kier alpha value is -2.94. The number of nitrogens with two attached hydrogens (primary N) is 1. The van der Waals surface area contributed by atoms with Crippen LogP contribution in [0.3, 0.4) is 0 Å². The van der Waals surface area contributed by atoms with E-state index in [1.807, 2.05) is 0 Å². The van der Waals surface area contributed by atoms with Gasteiger partial charge in [0.05, 0.1) is 21.7 Å². The first-order valence-corrected chi connectivity index (χ1v) is 8.24. The molecule has 0 fully saturated rings. The molecule has 3 N–H and O–H groups in total. The van der Waals surface area contributed by atoms with E-state index in [1.54, 1.807) is 19.1 Å².